The Morgan fingerprint density at radius 2 is 2.00 bits per heavy atom. The molecule has 2 rings (SSSR count). The first-order valence-electron chi connectivity index (χ1n) is 8.16. The van der Waals surface area contributed by atoms with E-state index in [-0.39, 0.29) is 11.4 Å². The van der Waals surface area contributed by atoms with Gasteiger partial charge in [0.05, 0.1) is 11.4 Å². The van der Waals surface area contributed by atoms with Crippen LogP contribution in [-0.2, 0) is 14.8 Å². The third kappa shape index (κ3) is 4.88. The van der Waals surface area contributed by atoms with Crippen molar-refractivity contribution in [1.82, 2.24) is 9.73 Å². The first kappa shape index (κ1) is 18.6. The molecule has 1 aromatic rings. The maximum atomic E-state index is 12.4. The number of carbonyl (C=O) groups excluding carboxylic acids is 1. The number of benzene rings is 1. The summed E-state index contributed by atoms with van der Waals surface area (Å²) in [4.78, 5) is 12.2. The third-order valence-electron chi connectivity index (χ3n) is 4.18. The minimum atomic E-state index is -3.68. The zero-order valence-corrected chi connectivity index (χ0v) is 15.3. The van der Waals surface area contributed by atoms with Crippen LogP contribution < -0.4 is 5.43 Å². The van der Waals surface area contributed by atoms with E-state index in [9.17, 15) is 13.2 Å². The van der Waals surface area contributed by atoms with E-state index in [0.717, 1.165) is 34.8 Å². The molecule has 7 heteroatoms. The predicted molar refractivity (Wildman–Crippen MR) is 94.2 cm³/mol. The number of carbonyl (C=O) groups is 1. The lowest BCUT2D eigenvalue weighted by molar-refractivity contribution is -0.121. The number of hydrogen-bond acceptors (Lipinski definition) is 4. The molecule has 1 N–H and O–H groups in total. The van der Waals surface area contributed by atoms with E-state index < -0.39 is 15.9 Å². The van der Waals surface area contributed by atoms with Crippen molar-refractivity contribution < 1.29 is 13.2 Å². The van der Waals surface area contributed by atoms with Gasteiger partial charge in [-0.25, -0.2) is 13.8 Å². The average Bonchev–Trinajstić information content (AvgIpc) is 2.53. The summed E-state index contributed by atoms with van der Waals surface area (Å²) in [5.74, 6) is 0.151. The first-order chi connectivity index (χ1) is 11.3. The number of nitrogens with one attached hydrogen (secondary N) is 1. The van der Waals surface area contributed by atoms with Gasteiger partial charge in [-0.05, 0) is 50.7 Å². The summed E-state index contributed by atoms with van der Waals surface area (Å²) in [5.41, 5.74) is 4.44. The van der Waals surface area contributed by atoms with Gasteiger partial charge in [0, 0.05) is 12.8 Å². The number of amides is 1. The van der Waals surface area contributed by atoms with Crippen LogP contribution in [-0.4, -0.2) is 37.9 Å². The van der Waals surface area contributed by atoms with Gasteiger partial charge in [-0.15, -0.1) is 0 Å². The van der Waals surface area contributed by atoms with Crippen molar-refractivity contribution in [1.29, 1.82) is 0 Å². The summed E-state index contributed by atoms with van der Waals surface area (Å²) in [5, 5.41) is 4.15. The molecule has 0 radical (unpaired) electrons. The van der Waals surface area contributed by atoms with Gasteiger partial charge >= 0.3 is 0 Å². The second kappa shape index (κ2) is 7.90. The Morgan fingerprint density at radius 3 is 2.62 bits per heavy atom. The van der Waals surface area contributed by atoms with E-state index in [1.54, 1.807) is 24.3 Å². The van der Waals surface area contributed by atoms with E-state index >= 15 is 0 Å². The minimum Gasteiger partial charge on any atom is -0.272 e. The van der Waals surface area contributed by atoms with Gasteiger partial charge in [-0.2, -0.15) is 9.41 Å². The van der Waals surface area contributed by atoms with Gasteiger partial charge in [0.2, 0.25) is 10.0 Å². The highest BCUT2D eigenvalue weighted by Gasteiger charge is 2.23. The summed E-state index contributed by atoms with van der Waals surface area (Å²) < 4.78 is 25.9. The van der Waals surface area contributed by atoms with E-state index in [2.05, 4.69) is 17.5 Å². The molecule has 24 heavy (non-hydrogen) atoms. The molecule has 1 atom stereocenters. The molecular formula is C17H25N3O3S. The highest BCUT2D eigenvalue weighted by Crippen LogP contribution is 2.21. The number of hydrogen-bond donors (Lipinski definition) is 1. The second-order valence-corrected chi connectivity index (χ2v) is 8.53. The number of aryl methyl sites for hydroxylation is 1. The third-order valence-corrected chi connectivity index (χ3v) is 6.00. The Morgan fingerprint density at radius 1 is 1.33 bits per heavy atom. The summed E-state index contributed by atoms with van der Waals surface area (Å²) >= 11 is 0. The molecule has 0 spiro atoms. The normalized spacial score (nSPS) is 20.3. The highest BCUT2D eigenvalue weighted by molar-refractivity contribution is 7.89. The summed E-state index contributed by atoms with van der Waals surface area (Å²) in [6.07, 6.45) is 4.04. The van der Waals surface area contributed by atoms with Gasteiger partial charge in [0.15, 0.2) is 0 Å². The largest absolute Gasteiger partial charge is 0.272 e. The van der Waals surface area contributed by atoms with Crippen LogP contribution in [0.2, 0.25) is 0 Å². The fourth-order valence-electron chi connectivity index (χ4n) is 2.72. The number of sulfonamides is 1. The number of likely N-dealkylation sites (N-methyl/N-ethyl adjacent to an activating group) is 1. The van der Waals surface area contributed by atoms with Crippen LogP contribution in [0.4, 0.5) is 0 Å². The van der Waals surface area contributed by atoms with Crippen molar-refractivity contribution in [3.63, 3.8) is 0 Å². The van der Waals surface area contributed by atoms with Crippen molar-refractivity contribution in [3.05, 3.63) is 29.8 Å². The SMILES string of the molecule is Cc1ccc(S(=O)(=O)N(C)CC(=O)N/N=C2/CCC[C@H](C)C2)cc1. The number of hydrazone groups is 1. The quantitative estimate of drug-likeness (QED) is 0.827. The Bertz CT molecular complexity index is 711. The minimum absolute atomic E-state index is 0.177. The fourth-order valence-corrected chi connectivity index (χ4v) is 3.84. The van der Waals surface area contributed by atoms with Crippen molar-refractivity contribution >= 4 is 21.6 Å². The summed E-state index contributed by atoms with van der Waals surface area (Å²) in [6.45, 7) is 3.79. The van der Waals surface area contributed by atoms with Crippen LogP contribution in [0.1, 0.15) is 38.2 Å². The first-order valence-corrected chi connectivity index (χ1v) is 9.60. The van der Waals surface area contributed by atoms with Crippen molar-refractivity contribution in [2.45, 2.75) is 44.4 Å². The van der Waals surface area contributed by atoms with Gasteiger partial charge in [0.1, 0.15) is 0 Å². The molecule has 1 fully saturated rings. The molecule has 0 aromatic heterocycles. The maximum Gasteiger partial charge on any atom is 0.255 e. The van der Waals surface area contributed by atoms with E-state index in [0.29, 0.717) is 5.92 Å². The van der Waals surface area contributed by atoms with Crippen LogP contribution in [0.5, 0.6) is 0 Å². The van der Waals surface area contributed by atoms with Crippen molar-refractivity contribution in [2.24, 2.45) is 11.0 Å². The molecule has 6 nitrogen and oxygen atoms in total. The zero-order valence-electron chi connectivity index (χ0n) is 14.4. The molecule has 1 aromatic carbocycles. The smallest absolute Gasteiger partial charge is 0.255 e. The molecule has 0 saturated heterocycles. The molecule has 1 aliphatic rings. The number of nitrogens with zero attached hydrogens (tertiary/aromatic N) is 2. The van der Waals surface area contributed by atoms with E-state index in [1.807, 2.05) is 6.92 Å². The van der Waals surface area contributed by atoms with E-state index in [4.69, 9.17) is 0 Å². The van der Waals surface area contributed by atoms with Crippen LogP contribution in [0.25, 0.3) is 0 Å². The molecule has 1 amide bonds. The lowest BCUT2D eigenvalue weighted by atomic mass is 9.89. The fraction of sp³-hybridized carbons (Fsp3) is 0.529. The molecule has 1 saturated carbocycles. The molecule has 0 unspecified atom stereocenters. The van der Waals surface area contributed by atoms with Crippen molar-refractivity contribution in [2.75, 3.05) is 13.6 Å². The Labute approximate surface area is 144 Å². The highest BCUT2D eigenvalue weighted by atomic mass is 32.2. The lowest BCUT2D eigenvalue weighted by Crippen LogP contribution is -2.37. The number of rotatable bonds is 5. The van der Waals surface area contributed by atoms with Crippen LogP contribution in [0, 0.1) is 12.8 Å². The van der Waals surface area contributed by atoms with Crippen molar-refractivity contribution in [3.8, 4) is 0 Å². The standard InChI is InChI=1S/C17H25N3O3S/c1-13-7-9-16(10-8-13)24(22,23)20(3)12-17(21)19-18-15-6-4-5-14(2)11-15/h7-10,14H,4-6,11-12H2,1-3H3,(H,19,21)/b18-15-/t14-/m0/s1. The van der Waals surface area contributed by atoms with Crippen LogP contribution in [0.15, 0.2) is 34.3 Å². The van der Waals surface area contributed by atoms with Crippen LogP contribution >= 0.6 is 0 Å². The predicted octanol–water partition coefficient (Wildman–Crippen LogP) is 2.30. The maximum absolute atomic E-state index is 12.4. The molecule has 1 aliphatic carbocycles. The molecule has 0 heterocycles. The average molecular weight is 351 g/mol. The van der Waals surface area contributed by atoms with Gasteiger partial charge in [0.25, 0.3) is 5.91 Å². The second-order valence-electron chi connectivity index (χ2n) is 6.49. The Hall–Kier alpha value is -1.73. The Kier molecular flexibility index (Phi) is 6.12. The van der Waals surface area contributed by atoms with Gasteiger partial charge < -0.3 is 0 Å². The summed E-state index contributed by atoms with van der Waals surface area (Å²) in [6, 6.07) is 6.56. The van der Waals surface area contributed by atoms with Gasteiger partial charge in [-0.3, -0.25) is 4.79 Å². The topological polar surface area (TPSA) is 78.8 Å². The Balaban J connectivity index is 1.95. The molecule has 132 valence electrons. The summed E-state index contributed by atoms with van der Waals surface area (Å²) in [7, 11) is -2.29. The van der Waals surface area contributed by atoms with Crippen LogP contribution in [0.3, 0.4) is 0 Å². The molecular weight excluding hydrogens is 326 g/mol. The zero-order chi connectivity index (χ0) is 17.7. The monoisotopic (exact) mass is 351 g/mol. The molecule has 0 aliphatic heterocycles. The van der Waals surface area contributed by atoms with Gasteiger partial charge in [-0.1, -0.05) is 24.6 Å². The lowest BCUT2D eigenvalue weighted by Gasteiger charge is -2.19. The van der Waals surface area contributed by atoms with E-state index in [1.165, 1.54) is 13.5 Å². The molecule has 0 bridgehead atoms.